The molecule has 0 bridgehead atoms. The largest absolute Gasteiger partial charge is 0.494 e. The number of nitrogens with zero attached hydrogens (tertiary/aromatic N) is 1. The molecular formula is C16H26N2O. The minimum Gasteiger partial charge on any atom is -0.494 e. The van der Waals surface area contributed by atoms with Gasteiger partial charge in [-0.3, -0.25) is 4.90 Å². The zero-order chi connectivity index (χ0) is 13.7. The molecule has 1 aromatic carbocycles. The van der Waals surface area contributed by atoms with Gasteiger partial charge in [0.15, 0.2) is 0 Å². The number of benzene rings is 1. The van der Waals surface area contributed by atoms with Crippen LogP contribution >= 0.6 is 0 Å². The average Bonchev–Trinajstić information content (AvgIpc) is 2.78. The van der Waals surface area contributed by atoms with Crippen molar-refractivity contribution < 1.29 is 4.74 Å². The van der Waals surface area contributed by atoms with Crippen LogP contribution < -0.4 is 10.1 Å². The van der Waals surface area contributed by atoms with Gasteiger partial charge in [-0.25, -0.2) is 0 Å². The van der Waals surface area contributed by atoms with Gasteiger partial charge in [0.25, 0.3) is 0 Å². The van der Waals surface area contributed by atoms with Gasteiger partial charge in [0.2, 0.25) is 0 Å². The van der Waals surface area contributed by atoms with E-state index >= 15 is 0 Å². The van der Waals surface area contributed by atoms with E-state index in [0.29, 0.717) is 12.0 Å². The highest BCUT2D eigenvalue weighted by Gasteiger charge is 2.32. The summed E-state index contributed by atoms with van der Waals surface area (Å²) in [4.78, 5) is 2.46. The van der Waals surface area contributed by atoms with Crippen molar-refractivity contribution in [2.24, 2.45) is 5.92 Å². The van der Waals surface area contributed by atoms with E-state index in [1.165, 1.54) is 18.5 Å². The van der Waals surface area contributed by atoms with E-state index in [-0.39, 0.29) is 0 Å². The van der Waals surface area contributed by atoms with Crippen LogP contribution in [-0.4, -0.2) is 38.7 Å². The van der Waals surface area contributed by atoms with Crippen molar-refractivity contribution in [3.8, 4) is 5.75 Å². The second-order valence-corrected chi connectivity index (χ2v) is 5.45. The summed E-state index contributed by atoms with van der Waals surface area (Å²) in [7, 11) is 4.26. The molecule has 106 valence electrons. The van der Waals surface area contributed by atoms with Crippen LogP contribution in [0.4, 0.5) is 0 Å². The molecule has 2 atom stereocenters. The van der Waals surface area contributed by atoms with Gasteiger partial charge in [-0.2, -0.15) is 0 Å². The van der Waals surface area contributed by atoms with Crippen molar-refractivity contribution in [3.05, 3.63) is 29.8 Å². The highest BCUT2D eigenvalue weighted by atomic mass is 16.5. The molecule has 1 heterocycles. The molecule has 2 rings (SSSR count). The third-order valence-electron chi connectivity index (χ3n) is 3.91. The first-order valence-electron chi connectivity index (χ1n) is 7.33. The fourth-order valence-corrected chi connectivity index (χ4v) is 3.04. The third kappa shape index (κ3) is 3.48. The Balaban J connectivity index is 2.14. The fraction of sp³-hybridized carbons (Fsp3) is 0.625. The van der Waals surface area contributed by atoms with Crippen LogP contribution in [-0.2, 0) is 0 Å². The summed E-state index contributed by atoms with van der Waals surface area (Å²) in [6.07, 6.45) is 2.32. The maximum atomic E-state index is 5.75. The second-order valence-electron chi connectivity index (χ2n) is 5.45. The molecule has 1 aliphatic heterocycles. The van der Waals surface area contributed by atoms with Crippen molar-refractivity contribution in [1.29, 1.82) is 0 Å². The molecule has 0 aliphatic carbocycles. The molecule has 0 aromatic heterocycles. The van der Waals surface area contributed by atoms with Crippen LogP contribution in [0.5, 0.6) is 5.75 Å². The highest BCUT2D eigenvalue weighted by molar-refractivity contribution is 5.31. The summed E-state index contributed by atoms with van der Waals surface area (Å²) < 4.78 is 5.75. The van der Waals surface area contributed by atoms with Gasteiger partial charge in [-0.1, -0.05) is 19.1 Å². The Bertz CT molecular complexity index is 392. The zero-order valence-electron chi connectivity index (χ0n) is 12.4. The molecule has 0 spiro atoms. The second kappa shape index (κ2) is 6.92. The van der Waals surface area contributed by atoms with Crippen molar-refractivity contribution >= 4 is 0 Å². The molecule has 0 amide bonds. The molecular weight excluding hydrogens is 236 g/mol. The van der Waals surface area contributed by atoms with E-state index in [4.69, 9.17) is 4.74 Å². The zero-order valence-corrected chi connectivity index (χ0v) is 12.4. The van der Waals surface area contributed by atoms with Crippen LogP contribution in [0, 0.1) is 5.92 Å². The molecule has 0 radical (unpaired) electrons. The quantitative estimate of drug-likeness (QED) is 0.853. The fourth-order valence-electron chi connectivity index (χ4n) is 3.04. The Kier molecular flexibility index (Phi) is 5.23. The monoisotopic (exact) mass is 262 g/mol. The summed E-state index contributed by atoms with van der Waals surface area (Å²) in [6.45, 7) is 5.19. The van der Waals surface area contributed by atoms with Gasteiger partial charge in [0, 0.05) is 6.04 Å². The van der Waals surface area contributed by atoms with E-state index in [0.717, 1.165) is 25.3 Å². The summed E-state index contributed by atoms with van der Waals surface area (Å²) in [5.41, 5.74) is 1.38. The van der Waals surface area contributed by atoms with Crippen molar-refractivity contribution in [3.63, 3.8) is 0 Å². The smallest absolute Gasteiger partial charge is 0.119 e. The number of likely N-dealkylation sites (tertiary alicyclic amines) is 1. The van der Waals surface area contributed by atoms with E-state index < -0.39 is 0 Å². The SMILES string of the molecule is CCCOc1cccc(C2C(CNC)CCN2C)c1. The Morgan fingerprint density at radius 2 is 2.26 bits per heavy atom. The minimum atomic E-state index is 0.512. The average molecular weight is 262 g/mol. The van der Waals surface area contributed by atoms with Crippen molar-refractivity contribution in [1.82, 2.24) is 10.2 Å². The van der Waals surface area contributed by atoms with Crippen LogP contribution in [0.25, 0.3) is 0 Å². The third-order valence-corrected chi connectivity index (χ3v) is 3.91. The van der Waals surface area contributed by atoms with Crippen LogP contribution in [0.1, 0.15) is 31.4 Å². The van der Waals surface area contributed by atoms with Crippen molar-refractivity contribution in [2.45, 2.75) is 25.8 Å². The van der Waals surface area contributed by atoms with Crippen LogP contribution in [0.15, 0.2) is 24.3 Å². The van der Waals surface area contributed by atoms with E-state index in [1.54, 1.807) is 0 Å². The highest BCUT2D eigenvalue weighted by Crippen LogP contribution is 2.36. The van der Waals surface area contributed by atoms with Gasteiger partial charge in [-0.15, -0.1) is 0 Å². The molecule has 1 saturated heterocycles. The Hall–Kier alpha value is -1.06. The first-order chi connectivity index (χ1) is 9.26. The maximum Gasteiger partial charge on any atom is 0.119 e. The van der Waals surface area contributed by atoms with Gasteiger partial charge in [0.1, 0.15) is 5.75 Å². The lowest BCUT2D eigenvalue weighted by Gasteiger charge is -2.26. The molecule has 1 aromatic rings. The molecule has 3 heteroatoms. The van der Waals surface area contributed by atoms with Crippen LogP contribution in [0.3, 0.4) is 0 Å². The normalized spacial score (nSPS) is 23.7. The summed E-state index contributed by atoms with van der Waals surface area (Å²) >= 11 is 0. The molecule has 1 fully saturated rings. The number of nitrogens with one attached hydrogen (secondary N) is 1. The minimum absolute atomic E-state index is 0.512. The number of ether oxygens (including phenoxy) is 1. The van der Waals surface area contributed by atoms with Crippen LogP contribution in [0.2, 0.25) is 0 Å². The molecule has 3 nitrogen and oxygen atoms in total. The predicted molar refractivity (Wildman–Crippen MR) is 79.6 cm³/mol. The first-order valence-corrected chi connectivity index (χ1v) is 7.33. The molecule has 1 aliphatic rings. The van der Waals surface area contributed by atoms with Gasteiger partial charge in [-0.05, 0) is 63.6 Å². The van der Waals surface area contributed by atoms with E-state index in [2.05, 4.69) is 48.5 Å². The van der Waals surface area contributed by atoms with E-state index in [9.17, 15) is 0 Å². The number of rotatable bonds is 6. The first kappa shape index (κ1) is 14.4. The number of hydrogen-bond donors (Lipinski definition) is 1. The number of hydrogen-bond acceptors (Lipinski definition) is 3. The Labute approximate surface area is 116 Å². The Morgan fingerprint density at radius 3 is 3.00 bits per heavy atom. The summed E-state index contributed by atoms with van der Waals surface area (Å²) in [5.74, 6) is 1.69. The molecule has 2 unspecified atom stereocenters. The summed E-state index contributed by atoms with van der Waals surface area (Å²) in [6, 6.07) is 9.13. The lowest BCUT2D eigenvalue weighted by molar-refractivity contribution is 0.272. The topological polar surface area (TPSA) is 24.5 Å². The van der Waals surface area contributed by atoms with Gasteiger partial charge in [0.05, 0.1) is 6.61 Å². The molecule has 0 saturated carbocycles. The molecule has 19 heavy (non-hydrogen) atoms. The standard InChI is InChI=1S/C16H26N2O/c1-4-10-19-15-7-5-6-13(11-15)16-14(12-17-2)8-9-18(16)3/h5-7,11,14,16-17H,4,8-10,12H2,1-3H3. The lowest BCUT2D eigenvalue weighted by Crippen LogP contribution is -2.26. The maximum absolute atomic E-state index is 5.75. The predicted octanol–water partition coefficient (Wildman–Crippen LogP) is 2.69. The van der Waals surface area contributed by atoms with Crippen molar-refractivity contribution in [2.75, 3.05) is 33.8 Å². The van der Waals surface area contributed by atoms with E-state index in [1.807, 2.05) is 7.05 Å². The Morgan fingerprint density at radius 1 is 1.42 bits per heavy atom. The van der Waals surface area contributed by atoms with Gasteiger partial charge >= 0.3 is 0 Å². The lowest BCUT2D eigenvalue weighted by atomic mass is 9.93. The van der Waals surface area contributed by atoms with Gasteiger partial charge < -0.3 is 10.1 Å². The molecule has 1 N–H and O–H groups in total. The summed E-state index contributed by atoms with van der Waals surface area (Å²) in [5, 5.41) is 3.32.